The van der Waals surface area contributed by atoms with Gasteiger partial charge >= 0.3 is 16.2 Å². The van der Waals surface area contributed by atoms with Crippen molar-refractivity contribution in [2.75, 3.05) is 0 Å². The number of rotatable bonds is 4. The number of aliphatic carboxylic acids is 1. The molecule has 16 heavy (non-hydrogen) atoms. The molecule has 0 aromatic carbocycles. The Morgan fingerprint density at radius 3 is 1.94 bits per heavy atom. The molecule has 0 aliphatic carbocycles. The predicted octanol–water partition coefficient (Wildman–Crippen LogP) is 4.39. The van der Waals surface area contributed by atoms with E-state index in [1.807, 2.05) is 0 Å². The van der Waals surface area contributed by atoms with Gasteiger partial charge in [0, 0.05) is 6.08 Å². The summed E-state index contributed by atoms with van der Waals surface area (Å²) in [5.41, 5.74) is 0. The van der Waals surface area contributed by atoms with E-state index >= 15 is 0 Å². The van der Waals surface area contributed by atoms with E-state index in [1.54, 1.807) is 0 Å². The number of hydrogen-bond acceptors (Lipinski definition) is 1. The highest BCUT2D eigenvalue weighted by atomic mass is 32.5. The second kappa shape index (κ2) is 3.62. The van der Waals surface area contributed by atoms with Gasteiger partial charge in [0.05, 0.1) is 0 Å². The molecule has 2 nitrogen and oxygen atoms in total. The van der Waals surface area contributed by atoms with Crippen LogP contribution in [0.4, 0.5) is 19.4 Å². The molecule has 0 bridgehead atoms. The molecular formula is C8H9F5O2S. The van der Waals surface area contributed by atoms with Gasteiger partial charge < -0.3 is 5.11 Å². The first-order valence-corrected chi connectivity index (χ1v) is 5.80. The van der Waals surface area contributed by atoms with Crippen LogP contribution in [-0.4, -0.2) is 11.1 Å². The summed E-state index contributed by atoms with van der Waals surface area (Å²) in [6, 6.07) is 0. The van der Waals surface area contributed by atoms with E-state index in [1.165, 1.54) is 0 Å². The van der Waals surface area contributed by atoms with Crippen LogP contribution in [0.3, 0.4) is 0 Å². The molecular weight excluding hydrogens is 255 g/mol. The minimum atomic E-state index is -9.75. The summed E-state index contributed by atoms with van der Waals surface area (Å²) < 4.78 is 61.5. The van der Waals surface area contributed by atoms with E-state index < -0.39 is 21.1 Å². The molecule has 0 radical (unpaired) electrons. The zero-order chi connectivity index (χ0) is 13.1. The Bertz CT molecular complexity index is 376. The fraction of sp³-hybridized carbons (Fsp3) is 0.125. The average molecular weight is 264 g/mol. The zero-order valence-corrected chi connectivity index (χ0v) is 8.86. The van der Waals surface area contributed by atoms with E-state index in [4.69, 9.17) is 5.11 Å². The van der Waals surface area contributed by atoms with Crippen LogP contribution in [0, 0.1) is 0 Å². The normalized spacial score (nSPS) is 18.8. The third-order valence-corrected chi connectivity index (χ3v) is 2.44. The van der Waals surface area contributed by atoms with Gasteiger partial charge in [-0.3, -0.25) is 0 Å². The van der Waals surface area contributed by atoms with Crippen LogP contribution in [0.1, 0.15) is 6.92 Å². The van der Waals surface area contributed by atoms with Crippen molar-refractivity contribution < 1.29 is 29.3 Å². The Balaban J connectivity index is 5.46. The molecule has 0 aliphatic rings. The molecule has 0 amide bonds. The lowest BCUT2D eigenvalue weighted by Crippen LogP contribution is -2.07. The first kappa shape index (κ1) is 14.7. The maximum Gasteiger partial charge on any atom is 0.328 e. The summed E-state index contributed by atoms with van der Waals surface area (Å²) in [6.07, 6.45) is 1.73. The van der Waals surface area contributed by atoms with Crippen LogP contribution in [0.5, 0.6) is 0 Å². The van der Waals surface area contributed by atoms with Gasteiger partial charge in [-0.15, -0.1) is 0 Å². The van der Waals surface area contributed by atoms with Gasteiger partial charge in [-0.2, -0.15) is 0 Å². The Kier molecular flexibility index (Phi) is 3.32. The maximum absolute atomic E-state index is 12.3. The lowest BCUT2D eigenvalue weighted by Gasteiger charge is -2.41. The minimum absolute atomic E-state index is 0.0235. The smallest absolute Gasteiger partial charge is 0.328 e. The number of carbonyl (C=O) groups is 1. The second-order valence-corrected chi connectivity index (χ2v) is 5.14. The van der Waals surface area contributed by atoms with Crippen molar-refractivity contribution in [3.05, 3.63) is 35.3 Å². The van der Waals surface area contributed by atoms with Gasteiger partial charge in [-0.25, -0.2) is 4.79 Å². The predicted molar refractivity (Wildman–Crippen MR) is 52.8 cm³/mol. The van der Waals surface area contributed by atoms with Crippen LogP contribution < -0.4 is 0 Å². The fourth-order valence-electron chi connectivity index (χ4n) is 0.702. The summed E-state index contributed by atoms with van der Waals surface area (Å²) in [4.78, 5) is 7.82. The molecule has 0 atom stereocenters. The second-order valence-electron chi connectivity index (χ2n) is 2.74. The van der Waals surface area contributed by atoms with Crippen LogP contribution >= 0.6 is 10.2 Å². The molecule has 0 aliphatic heterocycles. The lowest BCUT2D eigenvalue weighted by molar-refractivity contribution is -0.131. The minimum Gasteiger partial charge on any atom is -0.478 e. The van der Waals surface area contributed by atoms with Gasteiger partial charge in [-0.05, 0) is 19.1 Å². The SMILES string of the molecule is C\C=C/C(=C\C=C\C(=O)O)S(F)(F)(F)(F)F. The van der Waals surface area contributed by atoms with Crippen molar-refractivity contribution in [2.45, 2.75) is 6.92 Å². The maximum atomic E-state index is 12.3. The molecule has 0 saturated heterocycles. The monoisotopic (exact) mass is 264 g/mol. The molecule has 94 valence electrons. The molecule has 8 heteroatoms. The van der Waals surface area contributed by atoms with Crippen molar-refractivity contribution in [3.63, 3.8) is 0 Å². The quantitative estimate of drug-likeness (QED) is 0.464. The van der Waals surface area contributed by atoms with Crippen molar-refractivity contribution in [1.82, 2.24) is 0 Å². The third kappa shape index (κ3) is 5.54. The summed E-state index contributed by atoms with van der Waals surface area (Å²) in [5.74, 6) is -1.53. The number of carboxylic acid groups (broad SMARTS) is 1. The van der Waals surface area contributed by atoms with Crippen LogP contribution in [0.25, 0.3) is 0 Å². The molecule has 0 aromatic heterocycles. The van der Waals surface area contributed by atoms with E-state index in [9.17, 15) is 24.2 Å². The topological polar surface area (TPSA) is 37.3 Å². The third-order valence-electron chi connectivity index (χ3n) is 1.28. The van der Waals surface area contributed by atoms with E-state index in [2.05, 4.69) is 0 Å². The van der Waals surface area contributed by atoms with Crippen molar-refractivity contribution in [2.24, 2.45) is 0 Å². The van der Waals surface area contributed by atoms with Gasteiger partial charge in [0.15, 0.2) is 0 Å². The molecule has 1 N–H and O–H groups in total. The number of halogens is 5. The van der Waals surface area contributed by atoms with E-state index in [0.29, 0.717) is 12.2 Å². The molecule has 0 fully saturated rings. The summed E-state index contributed by atoms with van der Waals surface area (Å²) in [5, 5.41) is 8.09. The van der Waals surface area contributed by atoms with Crippen molar-refractivity contribution in [3.8, 4) is 0 Å². The Morgan fingerprint density at radius 1 is 1.12 bits per heavy atom. The molecule has 0 rings (SSSR count). The van der Waals surface area contributed by atoms with Gasteiger partial charge in [0.2, 0.25) is 0 Å². The zero-order valence-electron chi connectivity index (χ0n) is 8.04. The Labute approximate surface area is 88.5 Å². The summed E-state index contributed by atoms with van der Waals surface area (Å²) in [6.45, 7) is 1.14. The Hall–Kier alpha value is -1.31. The van der Waals surface area contributed by atoms with E-state index in [-0.39, 0.29) is 12.2 Å². The Morgan fingerprint density at radius 2 is 1.62 bits per heavy atom. The first-order chi connectivity index (χ1) is 6.86. The van der Waals surface area contributed by atoms with Gasteiger partial charge in [0.25, 0.3) is 0 Å². The molecule has 0 heterocycles. The molecule has 0 aromatic rings. The van der Waals surface area contributed by atoms with Gasteiger partial charge in [-0.1, -0.05) is 31.6 Å². The van der Waals surface area contributed by atoms with Crippen molar-refractivity contribution in [1.29, 1.82) is 0 Å². The first-order valence-electron chi connectivity index (χ1n) is 3.85. The fourth-order valence-corrected chi connectivity index (χ4v) is 1.43. The van der Waals surface area contributed by atoms with Crippen LogP contribution in [-0.2, 0) is 4.79 Å². The number of hydrogen-bond donors (Lipinski definition) is 1. The average Bonchev–Trinajstić information content (AvgIpc) is 1.97. The highest BCUT2D eigenvalue weighted by molar-refractivity contribution is 8.48. The molecule has 0 spiro atoms. The highest BCUT2D eigenvalue weighted by Crippen LogP contribution is 3.02. The van der Waals surface area contributed by atoms with Crippen molar-refractivity contribution >= 4 is 16.2 Å². The largest absolute Gasteiger partial charge is 0.478 e. The summed E-state index contributed by atoms with van der Waals surface area (Å²) >= 11 is 0. The van der Waals surface area contributed by atoms with Gasteiger partial charge in [0.1, 0.15) is 4.91 Å². The summed E-state index contributed by atoms with van der Waals surface area (Å²) in [7, 11) is -9.75. The molecule has 0 saturated carbocycles. The highest BCUT2D eigenvalue weighted by Gasteiger charge is 2.66. The number of allylic oxidation sites excluding steroid dienone is 4. The van der Waals surface area contributed by atoms with Crippen LogP contribution in [0.15, 0.2) is 35.3 Å². The standard InChI is InChI=1S/C8H9F5O2S/c1-2-4-7(5-3-6-8(14)15)16(9,10,11,12)13/h2-6H,1H3,(H,14,15)/b4-2-,6-3+,7-5+. The lowest BCUT2D eigenvalue weighted by atomic mass is 10.4. The molecule has 0 unspecified atom stereocenters. The van der Waals surface area contributed by atoms with Crippen LogP contribution in [0.2, 0.25) is 0 Å². The number of carboxylic acids is 1. The van der Waals surface area contributed by atoms with E-state index in [0.717, 1.165) is 13.0 Å².